The summed E-state index contributed by atoms with van der Waals surface area (Å²) < 4.78 is 28.5. The van der Waals surface area contributed by atoms with Gasteiger partial charge < -0.3 is 4.74 Å². The van der Waals surface area contributed by atoms with Crippen molar-refractivity contribution in [3.63, 3.8) is 0 Å². The van der Waals surface area contributed by atoms with Gasteiger partial charge in [0.15, 0.2) is 0 Å². The SMILES string of the molecule is CC(N=C=O)c1cc(Cl)ccc1OC(F)F. The van der Waals surface area contributed by atoms with Crippen molar-refractivity contribution in [1.29, 1.82) is 0 Å². The van der Waals surface area contributed by atoms with Gasteiger partial charge in [-0.1, -0.05) is 11.6 Å². The summed E-state index contributed by atoms with van der Waals surface area (Å²) in [5, 5.41) is 0.351. The Morgan fingerprint density at radius 3 is 2.75 bits per heavy atom. The fourth-order valence-corrected chi connectivity index (χ4v) is 1.38. The molecular weight excluding hydrogens is 240 g/mol. The second-order valence-electron chi connectivity index (χ2n) is 2.96. The molecule has 1 aromatic carbocycles. The second-order valence-corrected chi connectivity index (χ2v) is 3.39. The van der Waals surface area contributed by atoms with Crippen LogP contribution in [-0.4, -0.2) is 12.7 Å². The van der Waals surface area contributed by atoms with Crippen LogP contribution in [0.2, 0.25) is 5.02 Å². The van der Waals surface area contributed by atoms with Gasteiger partial charge in [0.25, 0.3) is 0 Å². The van der Waals surface area contributed by atoms with E-state index >= 15 is 0 Å². The highest BCUT2D eigenvalue weighted by Crippen LogP contribution is 2.31. The first-order valence-corrected chi connectivity index (χ1v) is 4.73. The molecule has 1 aromatic rings. The van der Waals surface area contributed by atoms with E-state index in [9.17, 15) is 13.6 Å². The second kappa shape index (κ2) is 5.58. The Morgan fingerprint density at radius 2 is 2.19 bits per heavy atom. The fourth-order valence-electron chi connectivity index (χ4n) is 1.20. The zero-order valence-electron chi connectivity index (χ0n) is 8.28. The van der Waals surface area contributed by atoms with Crippen LogP contribution in [0.1, 0.15) is 18.5 Å². The predicted octanol–water partition coefficient (Wildman–Crippen LogP) is 3.34. The number of nitrogens with zero attached hydrogens (tertiary/aromatic N) is 1. The molecular formula is C10H8ClF2NO2. The van der Waals surface area contributed by atoms with Gasteiger partial charge in [-0.2, -0.15) is 13.8 Å². The number of isocyanates is 1. The van der Waals surface area contributed by atoms with Crippen molar-refractivity contribution in [1.82, 2.24) is 0 Å². The summed E-state index contributed by atoms with van der Waals surface area (Å²) in [6, 6.07) is 3.51. The molecule has 0 heterocycles. The van der Waals surface area contributed by atoms with Crippen LogP contribution >= 0.6 is 11.6 Å². The van der Waals surface area contributed by atoms with E-state index in [1.54, 1.807) is 6.92 Å². The molecule has 86 valence electrons. The Labute approximate surface area is 95.7 Å². The Balaban J connectivity index is 3.11. The molecule has 0 aromatic heterocycles. The van der Waals surface area contributed by atoms with Crippen molar-refractivity contribution in [2.24, 2.45) is 4.99 Å². The molecule has 0 amide bonds. The molecule has 0 aliphatic carbocycles. The molecule has 0 spiro atoms. The minimum absolute atomic E-state index is 0.0501. The van der Waals surface area contributed by atoms with Crippen LogP contribution < -0.4 is 4.74 Å². The molecule has 0 radical (unpaired) electrons. The largest absolute Gasteiger partial charge is 0.434 e. The lowest BCUT2D eigenvalue weighted by atomic mass is 10.1. The van der Waals surface area contributed by atoms with Gasteiger partial charge in [0, 0.05) is 10.6 Å². The average molecular weight is 248 g/mol. The third-order valence-corrected chi connectivity index (χ3v) is 2.12. The number of aliphatic imine (C=N–C) groups is 1. The molecule has 3 nitrogen and oxygen atoms in total. The van der Waals surface area contributed by atoms with E-state index < -0.39 is 12.7 Å². The van der Waals surface area contributed by atoms with Crippen molar-refractivity contribution < 1.29 is 18.3 Å². The van der Waals surface area contributed by atoms with Gasteiger partial charge in [0.05, 0.1) is 6.04 Å². The maximum absolute atomic E-state index is 12.1. The van der Waals surface area contributed by atoms with Crippen LogP contribution in [0.4, 0.5) is 8.78 Å². The van der Waals surface area contributed by atoms with Gasteiger partial charge in [-0.3, -0.25) is 0 Å². The van der Waals surface area contributed by atoms with E-state index in [1.165, 1.54) is 24.3 Å². The summed E-state index contributed by atoms with van der Waals surface area (Å²) in [5.41, 5.74) is 0.316. The quantitative estimate of drug-likeness (QED) is 0.605. The number of benzene rings is 1. The third-order valence-electron chi connectivity index (χ3n) is 1.88. The summed E-state index contributed by atoms with van der Waals surface area (Å²) in [4.78, 5) is 13.5. The first-order valence-electron chi connectivity index (χ1n) is 4.36. The number of halogens is 3. The lowest BCUT2D eigenvalue weighted by Crippen LogP contribution is -2.05. The summed E-state index contributed by atoms with van der Waals surface area (Å²) in [6.07, 6.45) is 1.35. The molecule has 1 rings (SSSR count). The minimum atomic E-state index is -2.94. The number of hydrogen-bond acceptors (Lipinski definition) is 3. The standard InChI is InChI=1S/C10H8ClF2NO2/c1-6(14-5-15)8-4-7(11)2-3-9(8)16-10(12)13/h2-4,6,10H,1H3. The van der Waals surface area contributed by atoms with Crippen LogP contribution in [0, 0.1) is 0 Å². The van der Waals surface area contributed by atoms with Gasteiger partial charge in [0.1, 0.15) is 5.75 Å². The molecule has 1 atom stereocenters. The van der Waals surface area contributed by atoms with E-state index in [1.807, 2.05) is 0 Å². The zero-order valence-corrected chi connectivity index (χ0v) is 9.04. The molecule has 1 unspecified atom stereocenters. The Hall–Kier alpha value is -1.45. The lowest BCUT2D eigenvalue weighted by molar-refractivity contribution is -0.0505. The highest BCUT2D eigenvalue weighted by molar-refractivity contribution is 6.30. The Kier molecular flexibility index (Phi) is 4.40. The summed E-state index contributed by atoms with van der Waals surface area (Å²) in [6.45, 7) is -1.39. The molecule has 0 aliphatic heterocycles. The van der Waals surface area contributed by atoms with Gasteiger partial charge in [0.2, 0.25) is 6.08 Å². The summed E-state index contributed by atoms with van der Waals surface area (Å²) >= 11 is 5.71. The topological polar surface area (TPSA) is 38.7 Å². The zero-order chi connectivity index (χ0) is 12.1. The molecule has 0 aliphatic rings. The van der Waals surface area contributed by atoms with Crippen LogP contribution in [-0.2, 0) is 4.79 Å². The van der Waals surface area contributed by atoms with Gasteiger partial charge >= 0.3 is 6.61 Å². The Bertz CT molecular complexity index is 419. The molecule has 16 heavy (non-hydrogen) atoms. The summed E-state index contributed by atoms with van der Waals surface area (Å²) in [5.74, 6) is -0.0501. The van der Waals surface area contributed by atoms with Crippen LogP contribution in [0.3, 0.4) is 0 Å². The van der Waals surface area contributed by atoms with Gasteiger partial charge in [-0.05, 0) is 25.1 Å². The van der Waals surface area contributed by atoms with Gasteiger partial charge in [-0.25, -0.2) is 4.79 Å². The molecule has 6 heteroatoms. The molecule has 0 N–H and O–H groups in total. The molecule has 0 saturated heterocycles. The fraction of sp³-hybridized carbons (Fsp3) is 0.300. The van der Waals surface area contributed by atoms with Crippen LogP contribution in [0.15, 0.2) is 23.2 Å². The monoisotopic (exact) mass is 247 g/mol. The minimum Gasteiger partial charge on any atom is -0.434 e. The maximum Gasteiger partial charge on any atom is 0.387 e. The number of hydrogen-bond donors (Lipinski definition) is 0. The smallest absolute Gasteiger partial charge is 0.387 e. The van der Waals surface area contributed by atoms with Crippen molar-refractivity contribution in [3.05, 3.63) is 28.8 Å². The van der Waals surface area contributed by atoms with E-state index in [0.29, 0.717) is 10.6 Å². The number of ether oxygens (including phenoxy) is 1. The first-order chi connectivity index (χ1) is 7.54. The molecule has 0 saturated carbocycles. The van der Waals surface area contributed by atoms with Crippen molar-refractivity contribution >= 4 is 17.7 Å². The van der Waals surface area contributed by atoms with E-state index in [2.05, 4.69) is 9.73 Å². The summed E-state index contributed by atoms with van der Waals surface area (Å²) in [7, 11) is 0. The lowest BCUT2D eigenvalue weighted by Gasteiger charge is -2.12. The number of alkyl halides is 2. The van der Waals surface area contributed by atoms with E-state index in [4.69, 9.17) is 11.6 Å². The van der Waals surface area contributed by atoms with Crippen molar-refractivity contribution in [3.8, 4) is 5.75 Å². The molecule has 0 fully saturated rings. The average Bonchev–Trinajstić information content (AvgIpc) is 2.20. The third kappa shape index (κ3) is 3.29. The van der Waals surface area contributed by atoms with Gasteiger partial charge in [-0.15, -0.1) is 0 Å². The normalized spacial score (nSPS) is 12.1. The highest BCUT2D eigenvalue weighted by atomic mass is 35.5. The van der Waals surface area contributed by atoms with Crippen molar-refractivity contribution in [2.75, 3.05) is 0 Å². The van der Waals surface area contributed by atoms with Crippen molar-refractivity contribution in [2.45, 2.75) is 19.6 Å². The first kappa shape index (κ1) is 12.6. The van der Waals surface area contributed by atoms with E-state index in [0.717, 1.165) is 0 Å². The maximum atomic E-state index is 12.1. The molecule has 0 bridgehead atoms. The predicted molar refractivity (Wildman–Crippen MR) is 54.6 cm³/mol. The number of rotatable bonds is 4. The Morgan fingerprint density at radius 1 is 1.50 bits per heavy atom. The van der Waals surface area contributed by atoms with E-state index in [-0.39, 0.29) is 5.75 Å². The highest BCUT2D eigenvalue weighted by Gasteiger charge is 2.14. The van der Waals surface area contributed by atoms with Crippen LogP contribution in [0.5, 0.6) is 5.75 Å². The number of carbonyl (C=O) groups excluding carboxylic acids is 1. The van der Waals surface area contributed by atoms with Crippen LogP contribution in [0.25, 0.3) is 0 Å².